The van der Waals surface area contributed by atoms with Crippen molar-refractivity contribution in [3.8, 4) is 5.75 Å². The van der Waals surface area contributed by atoms with Crippen LogP contribution in [0.25, 0.3) is 0 Å². The van der Waals surface area contributed by atoms with Crippen molar-refractivity contribution in [2.24, 2.45) is 5.73 Å². The molecule has 1 fully saturated rings. The number of hydrogen-bond donors (Lipinski definition) is 1. The number of nitrogens with two attached hydrogens (primary N) is 1. The van der Waals surface area contributed by atoms with Crippen molar-refractivity contribution in [1.29, 1.82) is 0 Å². The number of rotatable bonds is 8. The van der Waals surface area contributed by atoms with Gasteiger partial charge in [0.2, 0.25) is 0 Å². The fraction of sp³-hybridized carbons (Fsp3) is 0.600. The van der Waals surface area contributed by atoms with Gasteiger partial charge in [0.1, 0.15) is 5.75 Å². The Bertz CT molecular complexity index is 438. The molecular formula is C15H23ClN2O2. The molecule has 0 radical (unpaired) electrons. The van der Waals surface area contributed by atoms with Gasteiger partial charge in [-0.2, -0.15) is 0 Å². The Balaban J connectivity index is 2.18. The summed E-state index contributed by atoms with van der Waals surface area (Å²) in [7, 11) is 3.35. The van der Waals surface area contributed by atoms with Crippen molar-refractivity contribution >= 4 is 11.6 Å². The number of nitrogens with zero attached hydrogens (tertiary/aromatic N) is 1. The lowest BCUT2D eigenvalue weighted by Crippen LogP contribution is -2.37. The summed E-state index contributed by atoms with van der Waals surface area (Å²) >= 11 is 6.23. The summed E-state index contributed by atoms with van der Waals surface area (Å²) in [5.74, 6) is 0.695. The van der Waals surface area contributed by atoms with Crippen LogP contribution in [0.1, 0.15) is 24.4 Å². The third-order valence-electron chi connectivity index (χ3n) is 3.75. The fourth-order valence-electron chi connectivity index (χ4n) is 2.55. The maximum atomic E-state index is 6.23. The molecule has 0 bridgehead atoms. The van der Waals surface area contributed by atoms with Crippen LogP contribution in [0, 0.1) is 0 Å². The second kappa shape index (κ2) is 7.27. The first-order valence-corrected chi connectivity index (χ1v) is 7.37. The Morgan fingerprint density at radius 1 is 1.40 bits per heavy atom. The minimum absolute atomic E-state index is 0.182. The highest BCUT2D eigenvalue weighted by molar-refractivity contribution is 6.32. The molecule has 1 saturated carbocycles. The summed E-state index contributed by atoms with van der Waals surface area (Å²) in [6.45, 7) is 2.19. The minimum atomic E-state index is 0.182. The largest absolute Gasteiger partial charge is 0.495 e. The van der Waals surface area contributed by atoms with Gasteiger partial charge in [-0.3, -0.25) is 4.90 Å². The van der Waals surface area contributed by atoms with Crippen molar-refractivity contribution in [3.63, 3.8) is 0 Å². The van der Waals surface area contributed by atoms with Gasteiger partial charge in [-0.1, -0.05) is 17.7 Å². The van der Waals surface area contributed by atoms with Gasteiger partial charge in [0, 0.05) is 32.3 Å². The molecule has 4 nitrogen and oxygen atoms in total. The molecule has 20 heavy (non-hydrogen) atoms. The molecule has 1 aliphatic rings. The van der Waals surface area contributed by atoms with Crippen LogP contribution in [0.2, 0.25) is 5.02 Å². The molecule has 1 aliphatic carbocycles. The second-order valence-electron chi connectivity index (χ2n) is 5.11. The SMILES string of the molecule is COCCN(C1CC1)C(CN)c1ccc(OC)c(Cl)c1. The molecule has 1 aromatic rings. The Kier molecular flexibility index (Phi) is 5.66. The van der Waals surface area contributed by atoms with Crippen LogP contribution >= 0.6 is 11.6 Å². The van der Waals surface area contributed by atoms with Crippen LogP contribution in [0.3, 0.4) is 0 Å². The van der Waals surface area contributed by atoms with Crippen LogP contribution in [0.5, 0.6) is 5.75 Å². The average Bonchev–Trinajstić information content (AvgIpc) is 3.28. The Morgan fingerprint density at radius 3 is 2.65 bits per heavy atom. The second-order valence-corrected chi connectivity index (χ2v) is 5.51. The smallest absolute Gasteiger partial charge is 0.137 e. The van der Waals surface area contributed by atoms with Crippen LogP contribution in [0.4, 0.5) is 0 Å². The van der Waals surface area contributed by atoms with Crippen molar-refractivity contribution < 1.29 is 9.47 Å². The van der Waals surface area contributed by atoms with E-state index in [0.29, 0.717) is 23.4 Å². The highest BCUT2D eigenvalue weighted by atomic mass is 35.5. The van der Waals surface area contributed by atoms with Gasteiger partial charge in [0.15, 0.2) is 0 Å². The van der Waals surface area contributed by atoms with Gasteiger partial charge in [-0.25, -0.2) is 0 Å². The zero-order chi connectivity index (χ0) is 14.5. The summed E-state index contributed by atoms with van der Waals surface area (Å²) in [4.78, 5) is 2.43. The van der Waals surface area contributed by atoms with Gasteiger partial charge < -0.3 is 15.2 Å². The van der Waals surface area contributed by atoms with E-state index in [1.807, 2.05) is 18.2 Å². The molecule has 0 amide bonds. The van der Waals surface area contributed by atoms with Crippen LogP contribution in [-0.4, -0.2) is 44.9 Å². The summed E-state index contributed by atoms with van der Waals surface area (Å²) in [5, 5.41) is 0.630. The molecule has 0 aliphatic heterocycles. The molecule has 2 rings (SSSR count). The zero-order valence-electron chi connectivity index (χ0n) is 12.1. The van der Waals surface area contributed by atoms with Crippen molar-refractivity contribution in [2.45, 2.75) is 24.9 Å². The van der Waals surface area contributed by atoms with Crippen LogP contribution in [0.15, 0.2) is 18.2 Å². The fourth-order valence-corrected chi connectivity index (χ4v) is 2.81. The molecule has 0 heterocycles. The molecule has 1 unspecified atom stereocenters. The van der Waals surface area contributed by atoms with E-state index >= 15 is 0 Å². The number of hydrogen-bond acceptors (Lipinski definition) is 4. The van der Waals surface area contributed by atoms with E-state index in [9.17, 15) is 0 Å². The molecular weight excluding hydrogens is 276 g/mol. The van der Waals surface area contributed by atoms with Crippen LogP contribution in [-0.2, 0) is 4.74 Å². The topological polar surface area (TPSA) is 47.7 Å². The molecule has 5 heteroatoms. The molecule has 0 aromatic heterocycles. The minimum Gasteiger partial charge on any atom is -0.495 e. The van der Waals surface area contributed by atoms with Crippen molar-refractivity contribution in [2.75, 3.05) is 33.9 Å². The van der Waals surface area contributed by atoms with E-state index in [-0.39, 0.29) is 6.04 Å². The normalized spacial score (nSPS) is 16.4. The molecule has 1 aromatic carbocycles. The van der Waals surface area contributed by atoms with Gasteiger partial charge >= 0.3 is 0 Å². The lowest BCUT2D eigenvalue weighted by molar-refractivity contribution is 0.115. The molecule has 112 valence electrons. The maximum Gasteiger partial charge on any atom is 0.137 e. The summed E-state index contributed by atoms with van der Waals surface area (Å²) in [5.41, 5.74) is 7.15. The molecule has 1 atom stereocenters. The van der Waals surface area contributed by atoms with E-state index in [0.717, 1.165) is 18.7 Å². The monoisotopic (exact) mass is 298 g/mol. The van der Waals surface area contributed by atoms with E-state index < -0.39 is 0 Å². The van der Waals surface area contributed by atoms with Crippen LogP contribution < -0.4 is 10.5 Å². The molecule has 0 saturated heterocycles. The van der Waals surface area contributed by atoms with Gasteiger partial charge in [0.05, 0.1) is 18.7 Å². The maximum absolute atomic E-state index is 6.23. The van der Waals surface area contributed by atoms with E-state index in [4.69, 9.17) is 26.8 Å². The van der Waals surface area contributed by atoms with Gasteiger partial charge in [-0.15, -0.1) is 0 Å². The third kappa shape index (κ3) is 3.64. The number of benzene rings is 1. The van der Waals surface area contributed by atoms with Crippen molar-refractivity contribution in [3.05, 3.63) is 28.8 Å². The predicted molar refractivity (Wildman–Crippen MR) is 81.4 cm³/mol. The first-order valence-electron chi connectivity index (χ1n) is 6.99. The lowest BCUT2D eigenvalue weighted by Gasteiger charge is -2.31. The van der Waals surface area contributed by atoms with Gasteiger partial charge in [0.25, 0.3) is 0 Å². The first kappa shape index (κ1) is 15.6. The Morgan fingerprint density at radius 2 is 2.15 bits per heavy atom. The zero-order valence-corrected chi connectivity index (χ0v) is 12.9. The number of ether oxygens (including phenoxy) is 2. The predicted octanol–water partition coefficient (Wildman–Crippen LogP) is 2.46. The highest BCUT2D eigenvalue weighted by Crippen LogP contribution is 2.36. The number of methoxy groups -OCH3 is 2. The standard InChI is InChI=1S/C15H23ClN2O2/c1-19-8-7-18(12-4-5-12)14(10-17)11-3-6-15(20-2)13(16)9-11/h3,6,9,12,14H,4-5,7-8,10,17H2,1-2H3. The Labute approximate surface area is 125 Å². The summed E-state index contributed by atoms with van der Waals surface area (Å²) in [6, 6.07) is 6.72. The highest BCUT2D eigenvalue weighted by Gasteiger charge is 2.33. The average molecular weight is 299 g/mol. The number of halogens is 1. The quantitative estimate of drug-likeness (QED) is 0.801. The lowest BCUT2D eigenvalue weighted by atomic mass is 10.0. The third-order valence-corrected chi connectivity index (χ3v) is 4.05. The van der Waals surface area contributed by atoms with Crippen molar-refractivity contribution in [1.82, 2.24) is 4.90 Å². The molecule has 2 N–H and O–H groups in total. The van der Waals surface area contributed by atoms with Gasteiger partial charge in [-0.05, 0) is 30.5 Å². The summed E-state index contributed by atoms with van der Waals surface area (Å²) < 4.78 is 10.4. The molecule has 0 spiro atoms. The van der Waals surface area contributed by atoms with E-state index in [1.165, 1.54) is 12.8 Å². The first-order chi connectivity index (χ1) is 9.71. The Hall–Kier alpha value is -0.810. The van der Waals surface area contributed by atoms with E-state index in [2.05, 4.69) is 4.90 Å². The summed E-state index contributed by atoms with van der Waals surface area (Å²) in [6.07, 6.45) is 2.48. The van der Waals surface area contributed by atoms with E-state index in [1.54, 1.807) is 14.2 Å².